The maximum Gasteiger partial charge on any atom is 0.228 e. The van der Waals surface area contributed by atoms with Crippen LogP contribution in [0.5, 0.6) is 0 Å². The molecular formula is C18H16Cl2N2O. The van der Waals surface area contributed by atoms with Crippen molar-refractivity contribution in [3.8, 4) is 0 Å². The van der Waals surface area contributed by atoms with Gasteiger partial charge in [0, 0.05) is 32.3 Å². The van der Waals surface area contributed by atoms with Crippen molar-refractivity contribution in [1.82, 2.24) is 4.98 Å². The summed E-state index contributed by atoms with van der Waals surface area (Å²) in [6.45, 7) is 4.02. The largest absolute Gasteiger partial charge is 0.358 e. The summed E-state index contributed by atoms with van der Waals surface area (Å²) in [5.74, 6) is -0.103. The Morgan fingerprint density at radius 2 is 1.78 bits per heavy atom. The fourth-order valence-corrected chi connectivity index (χ4v) is 3.24. The molecule has 0 bridgehead atoms. The summed E-state index contributed by atoms with van der Waals surface area (Å²) in [5.41, 5.74) is 4.82. The lowest BCUT2D eigenvalue weighted by atomic mass is 10.1. The number of aromatic nitrogens is 1. The highest BCUT2D eigenvalue weighted by atomic mass is 35.5. The summed E-state index contributed by atoms with van der Waals surface area (Å²) in [6, 6.07) is 11.2. The van der Waals surface area contributed by atoms with Crippen LogP contribution in [0.3, 0.4) is 0 Å². The first kappa shape index (κ1) is 15.9. The van der Waals surface area contributed by atoms with E-state index in [1.54, 1.807) is 18.2 Å². The number of benzene rings is 2. The fraction of sp³-hybridized carbons (Fsp3) is 0.167. The number of halogens is 2. The molecule has 1 heterocycles. The second-order valence-corrected chi connectivity index (χ2v) is 6.53. The smallest absolute Gasteiger partial charge is 0.228 e. The molecule has 0 radical (unpaired) electrons. The minimum Gasteiger partial charge on any atom is -0.358 e. The lowest BCUT2D eigenvalue weighted by Gasteiger charge is -2.07. The zero-order valence-electron chi connectivity index (χ0n) is 12.8. The molecule has 0 atom stereocenters. The van der Waals surface area contributed by atoms with Crippen molar-refractivity contribution < 1.29 is 4.79 Å². The molecule has 0 aliphatic rings. The van der Waals surface area contributed by atoms with Crippen LogP contribution in [0.2, 0.25) is 10.0 Å². The van der Waals surface area contributed by atoms with Crippen molar-refractivity contribution in [3.05, 3.63) is 63.3 Å². The maximum absolute atomic E-state index is 12.4. The van der Waals surface area contributed by atoms with Crippen LogP contribution in [0.25, 0.3) is 10.9 Å². The van der Waals surface area contributed by atoms with Gasteiger partial charge in [-0.2, -0.15) is 0 Å². The molecule has 0 aliphatic carbocycles. The molecule has 3 rings (SSSR count). The van der Waals surface area contributed by atoms with E-state index in [-0.39, 0.29) is 5.91 Å². The standard InChI is InChI=1S/C18H16Cl2N2O/c1-10-3-4-17-16(5-10)15(11(2)21-17)9-18(23)22-14-7-12(19)6-13(20)8-14/h3-8,21H,9H2,1-2H3,(H,22,23). The van der Waals surface area contributed by atoms with Crippen LogP contribution in [0.15, 0.2) is 36.4 Å². The van der Waals surface area contributed by atoms with Crippen molar-refractivity contribution in [2.75, 3.05) is 5.32 Å². The summed E-state index contributed by atoms with van der Waals surface area (Å²) in [5, 5.41) is 4.92. The van der Waals surface area contributed by atoms with Gasteiger partial charge in [-0.1, -0.05) is 34.8 Å². The number of carbonyl (C=O) groups is 1. The molecule has 5 heteroatoms. The van der Waals surface area contributed by atoms with Crippen LogP contribution >= 0.6 is 23.2 Å². The van der Waals surface area contributed by atoms with Crippen molar-refractivity contribution in [2.45, 2.75) is 20.3 Å². The highest BCUT2D eigenvalue weighted by Gasteiger charge is 2.13. The van der Waals surface area contributed by atoms with E-state index in [2.05, 4.69) is 22.4 Å². The van der Waals surface area contributed by atoms with Gasteiger partial charge < -0.3 is 10.3 Å². The van der Waals surface area contributed by atoms with Gasteiger partial charge in [-0.25, -0.2) is 0 Å². The molecule has 0 fully saturated rings. The van der Waals surface area contributed by atoms with Crippen LogP contribution in [0.4, 0.5) is 5.69 Å². The molecule has 2 aromatic carbocycles. The van der Waals surface area contributed by atoms with Gasteiger partial charge in [0.25, 0.3) is 0 Å². The van der Waals surface area contributed by atoms with E-state index in [1.165, 1.54) is 5.56 Å². The molecule has 0 aliphatic heterocycles. The van der Waals surface area contributed by atoms with E-state index in [0.717, 1.165) is 22.2 Å². The summed E-state index contributed by atoms with van der Waals surface area (Å²) in [4.78, 5) is 15.7. The molecule has 2 N–H and O–H groups in total. The Bertz CT molecular complexity index is 879. The Balaban J connectivity index is 1.85. The number of amides is 1. The molecule has 0 saturated carbocycles. The van der Waals surface area contributed by atoms with E-state index in [9.17, 15) is 4.79 Å². The Labute approximate surface area is 144 Å². The predicted molar refractivity (Wildman–Crippen MR) is 96.6 cm³/mol. The Kier molecular flexibility index (Phi) is 4.33. The molecule has 0 spiro atoms. The minimum atomic E-state index is -0.103. The number of H-pyrrole nitrogens is 1. The highest BCUT2D eigenvalue weighted by molar-refractivity contribution is 6.35. The lowest BCUT2D eigenvalue weighted by Crippen LogP contribution is -2.14. The van der Waals surface area contributed by atoms with Crippen LogP contribution in [0, 0.1) is 13.8 Å². The first-order valence-corrected chi connectivity index (χ1v) is 8.02. The monoisotopic (exact) mass is 346 g/mol. The SMILES string of the molecule is Cc1ccc2[nH]c(C)c(CC(=O)Nc3cc(Cl)cc(Cl)c3)c2c1. The van der Waals surface area contributed by atoms with Gasteiger partial charge in [0.15, 0.2) is 0 Å². The van der Waals surface area contributed by atoms with Crippen molar-refractivity contribution in [1.29, 1.82) is 0 Å². The molecular weight excluding hydrogens is 331 g/mol. The van der Waals surface area contributed by atoms with Crippen molar-refractivity contribution in [3.63, 3.8) is 0 Å². The zero-order valence-corrected chi connectivity index (χ0v) is 14.3. The minimum absolute atomic E-state index is 0.103. The van der Waals surface area contributed by atoms with E-state index >= 15 is 0 Å². The van der Waals surface area contributed by atoms with Crippen LogP contribution in [-0.2, 0) is 11.2 Å². The molecule has 3 aromatic rings. The van der Waals surface area contributed by atoms with Gasteiger partial charge >= 0.3 is 0 Å². The van der Waals surface area contributed by atoms with Crippen molar-refractivity contribution >= 4 is 45.7 Å². The molecule has 118 valence electrons. The van der Waals surface area contributed by atoms with E-state index in [4.69, 9.17) is 23.2 Å². The molecule has 0 saturated heterocycles. The van der Waals surface area contributed by atoms with Crippen LogP contribution < -0.4 is 5.32 Å². The van der Waals surface area contributed by atoms with Gasteiger partial charge in [0.2, 0.25) is 5.91 Å². The van der Waals surface area contributed by atoms with Crippen LogP contribution in [-0.4, -0.2) is 10.9 Å². The third kappa shape index (κ3) is 3.52. The quantitative estimate of drug-likeness (QED) is 0.666. The maximum atomic E-state index is 12.4. The molecule has 1 amide bonds. The van der Waals surface area contributed by atoms with E-state index in [1.807, 2.05) is 19.9 Å². The van der Waals surface area contributed by atoms with Gasteiger partial charge in [-0.05, 0) is 49.7 Å². The molecule has 1 aromatic heterocycles. The number of aromatic amines is 1. The van der Waals surface area contributed by atoms with Crippen LogP contribution in [0.1, 0.15) is 16.8 Å². The zero-order chi connectivity index (χ0) is 16.6. The average molecular weight is 347 g/mol. The van der Waals surface area contributed by atoms with E-state index in [0.29, 0.717) is 22.2 Å². The van der Waals surface area contributed by atoms with Gasteiger partial charge in [-0.3, -0.25) is 4.79 Å². The molecule has 0 unspecified atom stereocenters. The number of anilines is 1. The normalized spacial score (nSPS) is 11.0. The number of hydrogen-bond acceptors (Lipinski definition) is 1. The Morgan fingerprint density at radius 3 is 2.48 bits per heavy atom. The average Bonchev–Trinajstić information content (AvgIpc) is 2.74. The third-order valence-electron chi connectivity index (χ3n) is 3.76. The molecule has 23 heavy (non-hydrogen) atoms. The second kappa shape index (κ2) is 6.26. The number of aryl methyl sites for hydroxylation is 2. The van der Waals surface area contributed by atoms with E-state index < -0.39 is 0 Å². The Morgan fingerprint density at radius 1 is 1.09 bits per heavy atom. The summed E-state index contributed by atoms with van der Waals surface area (Å²) < 4.78 is 0. The second-order valence-electron chi connectivity index (χ2n) is 5.66. The fourth-order valence-electron chi connectivity index (χ4n) is 2.72. The number of nitrogens with one attached hydrogen (secondary N) is 2. The summed E-state index contributed by atoms with van der Waals surface area (Å²) in [7, 11) is 0. The number of hydrogen-bond donors (Lipinski definition) is 2. The number of rotatable bonds is 3. The Hall–Kier alpha value is -1.97. The highest BCUT2D eigenvalue weighted by Crippen LogP contribution is 2.25. The third-order valence-corrected chi connectivity index (χ3v) is 4.20. The lowest BCUT2D eigenvalue weighted by molar-refractivity contribution is -0.115. The first-order valence-electron chi connectivity index (χ1n) is 7.26. The van der Waals surface area contributed by atoms with Gasteiger partial charge in [0.1, 0.15) is 0 Å². The van der Waals surface area contributed by atoms with Gasteiger partial charge in [0.05, 0.1) is 6.42 Å². The molecule has 3 nitrogen and oxygen atoms in total. The summed E-state index contributed by atoms with van der Waals surface area (Å²) in [6.07, 6.45) is 0.291. The summed E-state index contributed by atoms with van der Waals surface area (Å²) >= 11 is 11.9. The first-order chi connectivity index (χ1) is 10.9. The topological polar surface area (TPSA) is 44.9 Å². The predicted octanol–water partition coefficient (Wildman–Crippen LogP) is 5.27. The van der Waals surface area contributed by atoms with Gasteiger partial charge in [-0.15, -0.1) is 0 Å². The number of fused-ring (bicyclic) bond motifs is 1. The number of carbonyl (C=O) groups excluding carboxylic acids is 1. The van der Waals surface area contributed by atoms with Crippen molar-refractivity contribution in [2.24, 2.45) is 0 Å².